The number of carbonyl (C=O) groups is 1. The van der Waals surface area contributed by atoms with Gasteiger partial charge in [0.2, 0.25) is 0 Å². The molecule has 0 aromatic heterocycles. The molecule has 0 spiro atoms. The molecule has 0 aliphatic carbocycles. The van der Waals surface area contributed by atoms with Crippen molar-refractivity contribution in [1.29, 1.82) is 0 Å². The Balaban J connectivity index is 1.87. The molecule has 1 N–H and O–H groups in total. The molecule has 0 saturated carbocycles. The lowest BCUT2D eigenvalue weighted by molar-refractivity contribution is -0.154. The summed E-state index contributed by atoms with van der Waals surface area (Å²) in [6, 6.07) is -0.167. The molecule has 0 bridgehead atoms. The number of likely N-dealkylation sites (tertiary alicyclic amines) is 1. The molecule has 86 valence electrons. The van der Waals surface area contributed by atoms with Crippen LogP contribution >= 0.6 is 0 Å². The molecule has 15 heavy (non-hydrogen) atoms. The van der Waals surface area contributed by atoms with Gasteiger partial charge in [0.1, 0.15) is 11.6 Å². The quantitative estimate of drug-likeness (QED) is 0.636. The van der Waals surface area contributed by atoms with Gasteiger partial charge in [0.25, 0.3) is 0 Å². The van der Waals surface area contributed by atoms with E-state index < -0.39 is 5.60 Å². The maximum absolute atomic E-state index is 11.3. The maximum Gasteiger partial charge on any atom is 0.323 e. The molecular formula is C10H17NO4. The van der Waals surface area contributed by atoms with E-state index in [1.807, 2.05) is 4.90 Å². The molecule has 0 aromatic carbocycles. The lowest BCUT2D eigenvalue weighted by Gasteiger charge is -2.42. The molecule has 2 aliphatic rings. The van der Waals surface area contributed by atoms with E-state index in [1.54, 1.807) is 0 Å². The van der Waals surface area contributed by atoms with Gasteiger partial charge < -0.3 is 14.6 Å². The number of rotatable bonds is 3. The topological polar surface area (TPSA) is 59.0 Å². The number of carbonyl (C=O) groups excluding carboxylic acids is 1. The van der Waals surface area contributed by atoms with Gasteiger partial charge in [-0.1, -0.05) is 0 Å². The number of β-amino-alcohol motifs (C(OH)–C–C–N with tert-alkyl or cyclic N) is 1. The van der Waals surface area contributed by atoms with Gasteiger partial charge in [0.15, 0.2) is 0 Å². The van der Waals surface area contributed by atoms with Crippen molar-refractivity contribution in [2.75, 3.05) is 33.4 Å². The largest absolute Gasteiger partial charge is 0.468 e. The van der Waals surface area contributed by atoms with Gasteiger partial charge in [0, 0.05) is 26.1 Å². The van der Waals surface area contributed by atoms with Crippen molar-refractivity contribution in [2.45, 2.75) is 24.5 Å². The minimum absolute atomic E-state index is 0.167. The first-order chi connectivity index (χ1) is 7.14. The van der Waals surface area contributed by atoms with E-state index in [9.17, 15) is 9.90 Å². The van der Waals surface area contributed by atoms with Crippen LogP contribution in [0, 0.1) is 0 Å². The molecular weight excluding hydrogens is 198 g/mol. The van der Waals surface area contributed by atoms with E-state index >= 15 is 0 Å². The SMILES string of the molecule is COC(=O)C1CCN1CC1(O)CCOC1. The summed E-state index contributed by atoms with van der Waals surface area (Å²) in [4.78, 5) is 13.3. The number of nitrogens with zero attached hydrogens (tertiary/aromatic N) is 1. The van der Waals surface area contributed by atoms with Crippen LogP contribution in [-0.4, -0.2) is 61.0 Å². The van der Waals surface area contributed by atoms with Crippen LogP contribution in [0.1, 0.15) is 12.8 Å². The number of aliphatic hydroxyl groups is 1. The Morgan fingerprint density at radius 2 is 2.53 bits per heavy atom. The van der Waals surface area contributed by atoms with Crippen molar-refractivity contribution >= 4 is 5.97 Å². The van der Waals surface area contributed by atoms with Gasteiger partial charge in [-0.05, 0) is 6.42 Å². The standard InChI is InChI=1S/C10H17NO4/c1-14-9(12)8-2-4-11(8)6-10(13)3-5-15-7-10/h8,13H,2-7H2,1H3. The summed E-state index contributed by atoms with van der Waals surface area (Å²) in [5, 5.41) is 10.1. The molecule has 2 fully saturated rings. The molecule has 0 radical (unpaired) electrons. The van der Waals surface area contributed by atoms with Crippen molar-refractivity contribution in [3.8, 4) is 0 Å². The predicted octanol–water partition coefficient (Wildman–Crippen LogP) is -0.615. The predicted molar refractivity (Wildman–Crippen MR) is 52.4 cm³/mol. The molecule has 2 saturated heterocycles. The number of hydrogen-bond acceptors (Lipinski definition) is 5. The molecule has 2 unspecified atom stereocenters. The normalized spacial score (nSPS) is 36.3. The number of esters is 1. The third kappa shape index (κ3) is 2.14. The van der Waals surface area contributed by atoms with Gasteiger partial charge in [0.05, 0.1) is 13.7 Å². The molecule has 5 nitrogen and oxygen atoms in total. The Hall–Kier alpha value is -0.650. The van der Waals surface area contributed by atoms with Gasteiger partial charge >= 0.3 is 5.97 Å². The van der Waals surface area contributed by atoms with Crippen molar-refractivity contribution in [3.05, 3.63) is 0 Å². The summed E-state index contributed by atoms with van der Waals surface area (Å²) in [5.74, 6) is -0.205. The third-order valence-corrected chi connectivity index (χ3v) is 3.18. The molecule has 0 amide bonds. The molecule has 2 rings (SSSR count). The van der Waals surface area contributed by atoms with Crippen LogP contribution in [0.2, 0.25) is 0 Å². The summed E-state index contributed by atoms with van der Waals surface area (Å²) in [7, 11) is 1.40. The van der Waals surface area contributed by atoms with Crippen molar-refractivity contribution in [1.82, 2.24) is 4.90 Å². The van der Waals surface area contributed by atoms with Gasteiger partial charge in [-0.15, -0.1) is 0 Å². The maximum atomic E-state index is 11.3. The van der Waals surface area contributed by atoms with Crippen molar-refractivity contribution < 1.29 is 19.4 Å². The van der Waals surface area contributed by atoms with Crippen LogP contribution in [0.15, 0.2) is 0 Å². The highest BCUT2D eigenvalue weighted by Gasteiger charge is 2.42. The van der Waals surface area contributed by atoms with E-state index in [-0.39, 0.29) is 12.0 Å². The van der Waals surface area contributed by atoms with E-state index in [2.05, 4.69) is 4.74 Å². The average molecular weight is 215 g/mol. The summed E-state index contributed by atoms with van der Waals surface area (Å²) < 4.78 is 9.85. The van der Waals surface area contributed by atoms with E-state index in [0.717, 1.165) is 13.0 Å². The summed E-state index contributed by atoms with van der Waals surface area (Å²) in [5.41, 5.74) is -0.771. The minimum atomic E-state index is -0.771. The van der Waals surface area contributed by atoms with Gasteiger partial charge in [-0.2, -0.15) is 0 Å². The second kappa shape index (κ2) is 4.08. The summed E-state index contributed by atoms with van der Waals surface area (Å²) >= 11 is 0. The van der Waals surface area contributed by atoms with Crippen molar-refractivity contribution in [2.24, 2.45) is 0 Å². The van der Waals surface area contributed by atoms with Crippen LogP contribution in [0.3, 0.4) is 0 Å². The zero-order valence-corrected chi connectivity index (χ0v) is 8.94. The van der Waals surface area contributed by atoms with Crippen LogP contribution in [0.5, 0.6) is 0 Å². The highest BCUT2D eigenvalue weighted by atomic mass is 16.5. The summed E-state index contributed by atoms with van der Waals surface area (Å²) in [6.45, 7) is 2.33. The molecule has 2 heterocycles. The van der Waals surface area contributed by atoms with E-state index in [4.69, 9.17) is 4.74 Å². The Labute approximate surface area is 89.0 Å². The zero-order chi connectivity index (χ0) is 10.9. The second-order valence-corrected chi connectivity index (χ2v) is 4.33. The first kappa shape index (κ1) is 10.9. The monoisotopic (exact) mass is 215 g/mol. The molecule has 5 heteroatoms. The number of methoxy groups -OCH3 is 1. The van der Waals surface area contributed by atoms with Crippen LogP contribution < -0.4 is 0 Å². The summed E-state index contributed by atoms with van der Waals surface area (Å²) in [6.07, 6.45) is 1.47. The highest BCUT2D eigenvalue weighted by Crippen LogP contribution is 2.26. The third-order valence-electron chi connectivity index (χ3n) is 3.18. The fourth-order valence-electron chi connectivity index (χ4n) is 2.13. The molecule has 0 aromatic rings. The van der Waals surface area contributed by atoms with Crippen LogP contribution in [0.25, 0.3) is 0 Å². The Kier molecular flexibility index (Phi) is 2.95. The Bertz CT molecular complexity index is 250. The van der Waals surface area contributed by atoms with Crippen LogP contribution in [0.4, 0.5) is 0 Å². The smallest absolute Gasteiger partial charge is 0.323 e. The Morgan fingerprint density at radius 1 is 1.73 bits per heavy atom. The molecule has 2 atom stereocenters. The lowest BCUT2D eigenvalue weighted by atomic mass is 9.96. The number of hydrogen-bond donors (Lipinski definition) is 1. The van der Waals surface area contributed by atoms with Crippen LogP contribution in [-0.2, 0) is 14.3 Å². The zero-order valence-electron chi connectivity index (χ0n) is 8.94. The van der Waals surface area contributed by atoms with Gasteiger partial charge in [-0.3, -0.25) is 9.69 Å². The highest BCUT2D eigenvalue weighted by molar-refractivity contribution is 5.76. The second-order valence-electron chi connectivity index (χ2n) is 4.33. The number of ether oxygens (including phenoxy) is 2. The Morgan fingerprint density at radius 3 is 3.00 bits per heavy atom. The van der Waals surface area contributed by atoms with Crippen molar-refractivity contribution in [3.63, 3.8) is 0 Å². The fourth-order valence-corrected chi connectivity index (χ4v) is 2.13. The average Bonchev–Trinajstić information content (AvgIpc) is 2.60. The first-order valence-electron chi connectivity index (χ1n) is 5.27. The minimum Gasteiger partial charge on any atom is -0.468 e. The lowest BCUT2D eigenvalue weighted by Crippen LogP contribution is -2.58. The fraction of sp³-hybridized carbons (Fsp3) is 0.900. The van der Waals surface area contributed by atoms with E-state index in [1.165, 1.54) is 7.11 Å². The molecule has 2 aliphatic heterocycles. The first-order valence-corrected chi connectivity index (χ1v) is 5.27. The van der Waals surface area contributed by atoms with E-state index in [0.29, 0.717) is 26.2 Å². The van der Waals surface area contributed by atoms with Gasteiger partial charge in [-0.25, -0.2) is 0 Å².